The number of carbonyl (C=O) groups is 2. The zero-order chi connectivity index (χ0) is 12.1. The predicted octanol–water partition coefficient (Wildman–Crippen LogP) is 0.437. The first-order valence-corrected chi connectivity index (χ1v) is 5.78. The van der Waals surface area contributed by atoms with Crippen LogP contribution in [0.5, 0.6) is 0 Å². The lowest BCUT2D eigenvalue weighted by atomic mass is 10.1. The van der Waals surface area contributed by atoms with Crippen LogP contribution in [0, 0.1) is 5.92 Å². The van der Waals surface area contributed by atoms with Crippen LogP contribution in [0.25, 0.3) is 0 Å². The summed E-state index contributed by atoms with van der Waals surface area (Å²) < 4.78 is 0. The highest BCUT2D eigenvalue weighted by atomic mass is 16.4. The lowest BCUT2D eigenvalue weighted by Gasteiger charge is -2.26. The molecule has 16 heavy (non-hydrogen) atoms. The molecule has 1 heterocycles. The number of hydrogen-bond acceptors (Lipinski definition) is 3. The predicted molar refractivity (Wildman–Crippen MR) is 59.8 cm³/mol. The van der Waals surface area contributed by atoms with Gasteiger partial charge in [-0.05, 0) is 25.8 Å². The van der Waals surface area contributed by atoms with E-state index in [0.29, 0.717) is 19.5 Å². The average molecular weight is 228 g/mol. The maximum absolute atomic E-state index is 12.0. The van der Waals surface area contributed by atoms with Gasteiger partial charge >= 0.3 is 5.97 Å². The van der Waals surface area contributed by atoms with Gasteiger partial charge < -0.3 is 15.7 Å². The minimum absolute atomic E-state index is 0.0502. The van der Waals surface area contributed by atoms with Gasteiger partial charge in [-0.2, -0.15) is 0 Å². The van der Waals surface area contributed by atoms with Crippen molar-refractivity contribution in [2.24, 2.45) is 11.7 Å². The monoisotopic (exact) mass is 228 g/mol. The lowest BCUT2D eigenvalue weighted by molar-refractivity contribution is -0.141. The summed E-state index contributed by atoms with van der Waals surface area (Å²) in [7, 11) is 0. The van der Waals surface area contributed by atoms with Gasteiger partial charge in [-0.15, -0.1) is 0 Å². The number of rotatable bonds is 5. The zero-order valence-electron chi connectivity index (χ0n) is 9.69. The van der Waals surface area contributed by atoms with Crippen molar-refractivity contribution in [3.63, 3.8) is 0 Å². The molecule has 3 N–H and O–H groups in total. The van der Waals surface area contributed by atoms with Crippen LogP contribution < -0.4 is 5.73 Å². The minimum atomic E-state index is -0.837. The molecule has 0 bridgehead atoms. The van der Waals surface area contributed by atoms with Gasteiger partial charge in [-0.25, -0.2) is 0 Å². The fourth-order valence-electron chi connectivity index (χ4n) is 2.20. The molecule has 1 rings (SSSR count). The van der Waals surface area contributed by atoms with Gasteiger partial charge in [0.1, 0.15) is 0 Å². The van der Waals surface area contributed by atoms with E-state index in [1.807, 2.05) is 6.92 Å². The summed E-state index contributed by atoms with van der Waals surface area (Å²) in [5.41, 5.74) is 5.42. The van der Waals surface area contributed by atoms with E-state index < -0.39 is 5.97 Å². The van der Waals surface area contributed by atoms with E-state index in [1.165, 1.54) is 0 Å². The van der Waals surface area contributed by atoms with Crippen LogP contribution in [0.3, 0.4) is 0 Å². The van der Waals surface area contributed by atoms with E-state index in [2.05, 4.69) is 0 Å². The van der Waals surface area contributed by atoms with E-state index in [9.17, 15) is 9.59 Å². The molecule has 1 fully saturated rings. The summed E-state index contributed by atoms with van der Waals surface area (Å²) >= 11 is 0. The number of carbonyl (C=O) groups excluding carboxylic acids is 1. The molecule has 0 aromatic rings. The van der Waals surface area contributed by atoms with Crippen molar-refractivity contribution in [3.8, 4) is 0 Å². The fourth-order valence-corrected chi connectivity index (χ4v) is 2.20. The molecule has 1 saturated heterocycles. The largest absolute Gasteiger partial charge is 0.481 e. The first-order chi connectivity index (χ1) is 7.56. The van der Waals surface area contributed by atoms with Crippen LogP contribution in [-0.2, 0) is 9.59 Å². The highest BCUT2D eigenvalue weighted by Crippen LogP contribution is 2.22. The molecule has 5 heteroatoms. The van der Waals surface area contributed by atoms with Gasteiger partial charge in [-0.1, -0.05) is 6.92 Å². The van der Waals surface area contributed by atoms with Crippen LogP contribution >= 0.6 is 0 Å². The molecule has 1 aliphatic rings. The number of carboxylic acids is 1. The number of likely N-dealkylation sites (tertiary alicyclic amines) is 1. The van der Waals surface area contributed by atoms with Crippen LogP contribution in [0.15, 0.2) is 0 Å². The molecule has 0 aliphatic carbocycles. The molecule has 92 valence electrons. The van der Waals surface area contributed by atoms with Crippen molar-refractivity contribution in [3.05, 3.63) is 0 Å². The molecule has 1 aliphatic heterocycles. The first-order valence-electron chi connectivity index (χ1n) is 5.78. The topological polar surface area (TPSA) is 83.6 Å². The Morgan fingerprint density at radius 3 is 2.81 bits per heavy atom. The summed E-state index contributed by atoms with van der Waals surface area (Å²) in [4.78, 5) is 24.4. The number of carboxylic acid groups (broad SMARTS) is 1. The molecule has 0 radical (unpaired) electrons. The summed E-state index contributed by atoms with van der Waals surface area (Å²) in [5.74, 6) is -0.884. The number of nitrogens with two attached hydrogens (primary N) is 1. The minimum Gasteiger partial charge on any atom is -0.481 e. The Kier molecular flexibility index (Phi) is 4.73. The van der Waals surface area contributed by atoms with Crippen molar-refractivity contribution < 1.29 is 14.7 Å². The van der Waals surface area contributed by atoms with Gasteiger partial charge in [0.05, 0.1) is 6.42 Å². The number of hydrogen-bond donors (Lipinski definition) is 2. The molecule has 0 saturated carbocycles. The van der Waals surface area contributed by atoms with Crippen LogP contribution in [0.2, 0.25) is 0 Å². The third-order valence-electron chi connectivity index (χ3n) is 3.09. The standard InChI is InChI=1S/C11H20N2O3/c1-8(4-5-12)11(16)13-6-2-3-9(13)7-10(14)15/h8-9H,2-7,12H2,1H3,(H,14,15). The van der Waals surface area contributed by atoms with E-state index >= 15 is 0 Å². The lowest BCUT2D eigenvalue weighted by Crippen LogP contribution is -2.40. The average Bonchev–Trinajstić information content (AvgIpc) is 2.64. The molecule has 5 nitrogen and oxygen atoms in total. The third kappa shape index (κ3) is 3.20. The smallest absolute Gasteiger partial charge is 0.305 e. The van der Waals surface area contributed by atoms with E-state index in [4.69, 9.17) is 10.8 Å². The highest BCUT2D eigenvalue weighted by molar-refractivity contribution is 5.80. The second kappa shape index (κ2) is 5.84. The van der Waals surface area contributed by atoms with Crippen molar-refractivity contribution in [1.82, 2.24) is 4.90 Å². The zero-order valence-corrected chi connectivity index (χ0v) is 9.69. The Hall–Kier alpha value is -1.10. The quantitative estimate of drug-likeness (QED) is 0.715. The Bertz CT molecular complexity index is 268. The van der Waals surface area contributed by atoms with Crippen molar-refractivity contribution in [2.75, 3.05) is 13.1 Å². The first kappa shape index (κ1) is 13.0. The van der Waals surface area contributed by atoms with Gasteiger partial charge in [0.2, 0.25) is 5.91 Å². The molecule has 0 aromatic carbocycles. The van der Waals surface area contributed by atoms with E-state index in [1.54, 1.807) is 4.90 Å². The Morgan fingerprint density at radius 2 is 2.25 bits per heavy atom. The number of aliphatic carboxylic acids is 1. The van der Waals surface area contributed by atoms with Gasteiger partial charge in [0.15, 0.2) is 0 Å². The normalized spacial score (nSPS) is 22.1. The fraction of sp³-hybridized carbons (Fsp3) is 0.818. The van der Waals surface area contributed by atoms with Gasteiger partial charge in [0.25, 0.3) is 0 Å². The Morgan fingerprint density at radius 1 is 1.56 bits per heavy atom. The van der Waals surface area contributed by atoms with Gasteiger partial charge in [-0.3, -0.25) is 9.59 Å². The Balaban J connectivity index is 2.56. The Labute approximate surface area is 95.6 Å². The second-order valence-electron chi connectivity index (χ2n) is 4.40. The summed E-state index contributed by atoms with van der Waals surface area (Å²) in [6.45, 7) is 3.03. The van der Waals surface area contributed by atoms with Crippen LogP contribution in [-0.4, -0.2) is 41.0 Å². The SMILES string of the molecule is CC(CCN)C(=O)N1CCCC1CC(=O)O. The van der Waals surface area contributed by atoms with Crippen LogP contribution in [0.4, 0.5) is 0 Å². The highest BCUT2D eigenvalue weighted by Gasteiger charge is 2.32. The number of amides is 1. The third-order valence-corrected chi connectivity index (χ3v) is 3.09. The van der Waals surface area contributed by atoms with Crippen molar-refractivity contribution in [2.45, 2.75) is 38.6 Å². The van der Waals surface area contributed by atoms with Gasteiger partial charge in [0, 0.05) is 18.5 Å². The summed E-state index contributed by atoms with van der Waals surface area (Å²) in [6.07, 6.45) is 2.42. The molecule has 2 atom stereocenters. The summed E-state index contributed by atoms with van der Waals surface area (Å²) in [5, 5.41) is 8.76. The summed E-state index contributed by atoms with van der Waals surface area (Å²) in [6, 6.07) is -0.120. The molecule has 2 unspecified atom stereocenters. The maximum Gasteiger partial charge on any atom is 0.305 e. The van der Waals surface area contributed by atoms with E-state index in [0.717, 1.165) is 12.8 Å². The maximum atomic E-state index is 12.0. The second-order valence-corrected chi connectivity index (χ2v) is 4.40. The number of nitrogens with zero attached hydrogens (tertiary/aromatic N) is 1. The van der Waals surface area contributed by atoms with Crippen LogP contribution in [0.1, 0.15) is 32.6 Å². The molecular formula is C11H20N2O3. The van der Waals surface area contributed by atoms with Crippen molar-refractivity contribution >= 4 is 11.9 Å². The molecule has 0 aromatic heterocycles. The van der Waals surface area contributed by atoms with Crippen molar-refractivity contribution in [1.29, 1.82) is 0 Å². The molecular weight excluding hydrogens is 208 g/mol. The molecule has 0 spiro atoms. The molecule has 1 amide bonds. The van der Waals surface area contributed by atoms with E-state index in [-0.39, 0.29) is 24.3 Å².